The monoisotopic (exact) mass is 242 g/mol. The van der Waals surface area contributed by atoms with E-state index in [0.29, 0.717) is 17.3 Å². The van der Waals surface area contributed by atoms with Gasteiger partial charge in [0.15, 0.2) is 11.6 Å². The molecule has 0 bridgehead atoms. The van der Waals surface area contributed by atoms with Crippen molar-refractivity contribution in [2.45, 2.75) is 19.2 Å². The largest absolute Gasteiger partial charge is 0.357 e. The van der Waals surface area contributed by atoms with Crippen molar-refractivity contribution in [2.24, 2.45) is 11.8 Å². The van der Waals surface area contributed by atoms with E-state index in [1.165, 1.54) is 6.42 Å². The minimum Gasteiger partial charge on any atom is -0.357 e. The van der Waals surface area contributed by atoms with Crippen molar-refractivity contribution in [2.75, 3.05) is 18.5 Å². The molecule has 1 aromatic rings. The highest BCUT2D eigenvalue weighted by Gasteiger charge is 2.33. The van der Waals surface area contributed by atoms with E-state index < -0.39 is 0 Å². The summed E-state index contributed by atoms with van der Waals surface area (Å²) in [4.78, 5) is 5.97. The minimum absolute atomic E-state index is 0.190. The number of hydrogen-bond acceptors (Lipinski definition) is 2. The molecule has 1 fully saturated rings. The number of anilines is 1. The average molecular weight is 243 g/mol. The molecule has 1 aliphatic carbocycles. The fraction of sp³-hybridized carbons (Fsp3) is 0.583. The Morgan fingerprint density at radius 1 is 1.62 bits per heavy atom. The Labute approximate surface area is 100 Å². The lowest BCUT2D eigenvalue weighted by Crippen LogP contribution is -2.23. The summed E-state index contributed by atoms with van der Waals surface area (Å²) in [5.74, 6) is 1.77. The number of aromatic nitrogens is 1. The van der Waals surface area contributed by atoms with Crippen LogP contribution in [-0.2, 0) is 5.88 Å². The maximum absolute atomic E-state index is 13.9. The van der Waals surface area contributed by atoms with Crippen LogP contribution in [0.25, 0.3) is 0 Å². The molecular weight excluding hydrogens is 227 g/mol. The van der Waals surface area contributed by atoms with Gasteiger partial charge in [-0.2, -0.15) is 0 Å². The molecule has 1 aliphatic rings. The Balaban J connectivity index is 2.12. The van der Waals surface area contributed by atoms with Gasteiger partial charge in [0, 0.05) is 25.4 Å². The molecule has 0 amide bonds. The normalized spacial score (nSPS) is 23.2. The van der Waals surface area contributed by atoms with E-state index in [1.54, 1.807) is 12.3 Å². The summed E-state index contributed by atoms with van der Waals surface area (Å²) in [5, 5.41) is 0. The van der Waals surface area contributed by atoms with Crippen molar-refractivity contribution < 1.29 is 4.39 Å². The fourth-order valence-electron chi connectivity index (χ4n) is 1.93. The highest BCUT2D eigenvalue weighted by atomic mass is 35.5. The van der Waals surface area contributed by atoms with Gasteiger partial charge in [0.05, 0.1) is 5.88 Å². The lowest BCUT2D eigenvalue weighted by atomic mass is 10.2. The molecule has 1 saturated carbocycles. The molecule has 0 spiro atoms. The molecule has 1 aromatic heterocycles. The summed E-state index contributed by atoms with van der Waals surface area (Å²) in [7, 11) is 1.88. The second-order valence-electron chi connectivity index (χ2n) is 4.59. The van der Waals surface area contributed by atoms with Crippen LogP contribution in [0, 0.1) is 17.7 Å². The zero-order valence-corrected chi connectivity index (χ0v) is 10.3. The summed E-state index contributed by atoms with van der Waals surface area (Å²) >= 11 is 5.66. The molecule has 4 heteroatoms. The van der Waals surface area contributed by atoms with E-state index in [4.69, 9.17) is 11.6 Å². The van der Waals surface area contributed by atoms with Crippen LogP contribution < -0.4 is 4.90 Å². The van der Waals surface area contributed by atoms with E-state index in [0.717, 1.165) is 12.5 Å². The molecule has 0 saturated heterocycles. The summed E-state index contributed by atoms with van der Waals surface area (Å²) in [6, 6.07) is 1.62. The molecule has 88 valence electrons. The van der Waals surface area contributed by atoms with Crippen molar-refractivity contribution in [3.8, 4) is 0 Å². The van der Waals surface area contributed by atoms with E-state index in [-0.39, 0.29) is 11.7 Å². The Bertz CT molecular complexity index is 383. The van der Waals surface area contributed by atoms with Crippen LogP contribution in [0.15, 0.2) is 12.3 Å². The van der Waals surface area contributed by atoms with E-state index in [1.807, 2.05) is 11.9 Å². The van der Waals surface area contributed by atoms with Gasteiger partial charge in [-0.15, -0.1) is 11.6 Å². The van der Waals surface area contributed by atoms with Crippen molar-refractivity contribution >= 4 is 17.4 Å². The quantitative estimate of drug-likeness (QED) is 0.755. The van der Waals surface area contributed by atoms with Gasteiger partial charge in [-0.05, 0) is 24.3 Å². The lowest BCUT2D eigenvalue weighted by Gasteiger charge is -2.19. The smallest absolute Gasteiger partial charge is 0.170 e. The van der Waals surface area contributed by atoms with Crippen LogP contribution in [0.4, 0.5) is 10.2 Å². The van der Waals surface area contributed by atoms with Gasteiger partial charge in [-0.25, -0.2) is 9.37 Å². The molecule has 1 heterocycles. The van der Waals surface area contributed by atoms with Gasteiger partial charge in [0.1, 0.15) is 0 Å². The standard InChI is InChI=1S/C12H16ClFN2/c1-8-5-10(8)7-16(2)12-11(14)9(6-13)3-4-15-12/h3-4,8,10H,5-7H2,1-2H3. The Kier molecular flexibility index (Phi) is 3.33. The number of hydrogen-bond donors (Lipinski definition) is 0. The summed E-state index contributed by atoms with van der Waals surface area (Å²) in [5.41, 5.74) is 0.516. The molecule has 2 nitrogen and oxygen atoms in total. The van der Waals surface area contributed by atoms with Gasteiger partial charge in [0.25, 0.3) is 0 Å². The maximum Gasteiger partial charge on any atom is 0.170 e. The topological polar surface area (TPSA) is 16.1 Å². The number of pyridine rings is 1. The number of rotatable bonds is 4. The number of alkyl halides is 1. The van der Waals surface area contributed by atoms with Crippen LogP contribution in [0.3, 0.4) is 0 Å². The van der Waals surface area contributed by atoms with Crippen LogP contribution in [0.5, 0.6) is 0 Å². The predicted octanol–water partition coefficient (Wildman–Crippen LogP) is 3.05. The first-order valence-corrected chi connectivity index (χ1v) is 6.07. The number of nitrogens with zero attached hydrogens (tertiary/aromatic N) is 2. The van der Waals surface area contributed by atoms with Crippen LogP contribution in [0.1, 0.15) is 18.9 Å². The Morgan fingerprint density at radius 2 is 2.31 bits per heavy atom. The molecule has 0 N–H and O–H groups in total. The zero-order chi connectivity index (χ0) is 11.7. The van der Waals surface area contributed by atoms with Crippen molar-refractivity contribution in [3.63, 3.8) is 0 Å². The first kappa shape index (κ1) is 11.6. The third-order valence-electron chi connectivity index (χ3n) is 3.24. The highest BCUT2D eigenvalue weighted by molar-refractivity contribution is 6.17. The van der Waals surface area contributed by atoms with Gasteiger partial charge >= 0.3 is 0 Å². The summed E-state index contributed by atoms with van der Waals surface area (Å²) in [6.07, 6.45) is 2.85. The zero-order valence-electron chi connectivity index (χ0n) is 9.58. The molecular formula is C12H16ClFN2. The average Bonchev–Trinajstić information content (AvgIpc) is 2.94. The first-order chi connectivity index (χ1) is 7.63. The lowest BCUT2D eigenvalue weighted by molar-refractivity contribution is 0.598. The van der Waals surface area contributed by atoms with Gasteiger partial charge < -0.3 is 4.90 Å². The maximum atomic E-state index is 13.9. The Hall–Kier alpha value is -0.830. The fourth-order valence-corrected chi connectivity index (χ4v) is 2.14. The van der Waals surface area contributed by atoms with Crippen molar-refractivity contribution in [1.29, 1.82) is 0 Å². The number of halogens is 2. The van der Waals surface area contributed by atoms with Crippen LogP contribution >= 0.6 is 11.6 Å². The molecule has 0 aromatic carbocycles. The third-order valence-corrected chi connectivity index (χ3v) is 3.53. The second-order valence-corrected chi connectivity index (χ2v) is 4.86. The van der Waals surface area contributed by atoms with Crippen LogP contribution in [0.2, 0.25) is 0 Å². The van der Waals surface area contributed by atoms with Crippen LogP contribution in [-0.4, -0.2) is 18.6 Å². The SMILES string of the molecule is CC1CC1CN(C)c1nccc(CCl)c1F. The summed E-state index contributed by atoms with van der Waals surface area (Å²) < 4.78 is 13.9. The van der Waals surface area contributed by atoms with Crippen molar-refractivity contribution in [3.05, 3.63) is 23.6 Å². The predicted molar refractivity (Wildman–Crippen MR) is 64.3 cm³/mol. The van der Waals surface area contributed by atoms with E-state index >= 15 is 0 Å². The van der Waals surface area contributed by atoms with Crippen molar-refractivity contribution in [1.82, 2.24) is 4.98 Å². The van der Waals surface area contributed by atoms with E-state index in [2.05, 4.69) is 11.9 Å². The molecule has 0 aliphatic heterocycles. The molecule has 2 unspecified atom stereocenters. The van der Waals surface area contributed by atoms with Gasteiger partial charge in [-0.3, -0.25) is 0 Å². The first-order valence-electron chi connectivity index (χ1n) is 5.54. The third kappa shape index (κ3) is 2.29. The van der Waals surface area contributed by atoms with Gasteiger partial charge in [-0.1, -0.05) is 6.92 Å². The molecule has 2 rings (SSSR count). The summed E-state index contributed by atoms with van der Waals surface area (Å²) in [6.45, 7) is 3.09. The van der Waals surface area contributed by atoms with Gasteiger partial charge in [0.2, 0.25) is 0 Å². The molecule has 16 heavy (non-hydrogen) atoms. The minimum atomic E-state index is -0.284. The van der Waals surface area contributed by atoms with E-state index in [9.17, 15) is 4.39 Å². The second kappa shape index (κ2) is 4.58. The highest BCUT2D eigenvalue weighted by Crippen LogP contribution is 2.38. The molecule has 0 radical (unpaired) electrons. The molecule has 2 atom stereocenters. The Morgan fingerprint density at radius 3 is 2.88 bits per heavy atom.